The maximum Gasteiger partial charge on any atom is 0.242 e. The van der Waals surface area contributed by atoms with E-state index in [1.54, 1.807) is 12.3 Å². The third-order valence-corrected chi connectivity index (χ3v) is 4.63. The van der Waals surface area contributed by atoms with Gasteiger partial charge in [0.25, 0.3) is 0 Å². The second kappa shape index (κ2) is 4.43. The van der Waals surface area contributed by atoms with Gasteiger partial charge in [-0.15, -0.1) is 0 Å². The summed E-state index contributed by atoms with van der Waals surface area (Å²) in [7, 11) is -3.40. The van der Waals surface area contributed by atoms with Crippen LogP contribution in [0.3, 0.4) is 0 Å². The first-order valence-corrected chi connectivity index (χ1v) is 7.37. The number of rotatable bonds is 4. The van der Waals surface area contributed by atoms with Crippen molar-refractivity contribution in [2.75, 3.05) is 6.54 Å². The van der Waals surface area contributed by atoms with Gasteiger partial charge in [0, 0.05) is 23.4 Å². The third-order valence-electron chi connectivity index (χ3n) is 2.80. The molecule has 0 radical (unpaired) electrons. The summed E-state index contributed by atoms with van der Waals surface area (Å²) in [4.78, 5) is 4.05. The maximum absolute atomic E-state index is 11.9. The Balaban J connectivity index is 2.06. The molecule has 16 heavy (non-hydrogen) atoms. The summed E-state index contributed by atoms with van der Waals surface area (Å²) < 4.78 is 27.0. The molecule has 0 bridgehead atoms. The number of aromatic nitrogens is 1. The highest BCUT2D eigenvalue weighted by Crippen LogP contribution is 2.37. The van der Waals surface area contributed by atoms with Crippen LogP contribution in [0.5, 0.6) is 0 Å². The minimum Gasteiger partial charge on any atom is -0.262 e. The topological polar surface area (TPSA) is 59.1 Å². The Kier molecular flexibility index (Phi) is 3.32. The van der Waals surface area contributed by atoms with Crippen molar-refractivity contribution >= 4 is 26.0 Å². The van der Waals surface area contributed by atoms with Gasteiger partial charge in [0.15, 0.2) is 0 Å². The molecule has 1 aliphatic rings. The molecule has 4 nitrogen and oxygen atoms in total. The quantitative estimate of drug-likeness (QED) is 0.922. The zero-order valence-electron chi connectivity index (χ0n) is 8.85. The summed E-state index contributed by atoms with van der Waals surface area (Å²) in [5, 5.41) is 0. The van der Waals surface area contributed by atoms with Crippen molar-refractivity contribution in [3.8, 4) is 0 Å². The van der Waals surface area contributed by atoms with Gasteiger partial charge < -0.3 is 0 Å². The molecule has 0 aliphatic heterocycles. The third kappa shape index (κ3) is 2.81. The minimum absolute atomic E-state index is 0.204. The lowest BCUT2D eigenvalue weighted by atomic mass is 10.3. The molecule has 1 aromatic rings. The van der Waals surface area contributed by atoms with Crippen molar-refractivity contribution in [1.29, 1.82) is 0 Å². The summed E-state index contributed by atoms with van der Waals surface area (Å²) in [5.74, 6) is 1.14. The first-order chi connectivity index (χ1) is 7.49. The highest BCUT2D eigenvalue weighted by Gasteiger charge is 2.33. The molecule has 0 aromatic carbocycles. The molecule has 1 aliphatic carbocycles. The Hall–Kier alpha value is -0.460. The highest BCUT2D eigenvalue weighted by atomic mass is 79.9. The first-order valence-electron chi connectivity index (χ1n) is 5.09. The van der Waals surface area contributed by atoms with Crippen molar-refractivity contribution in [3.05, 3.63) is 22.9 Å². The number of nitrogens with one attached hydrogen (secondary N) is 1. The maximum atomic E-state index is 11.9. The van der Waals surface area contributed by atoms with E-state index in [1.807, 2.05) is 0 Å². The molecule has 1 aromatic heterocycles. The predicted octanol–water partition coefficient (Wildman–Crippen LogP) is 1.78. The van der Waals surface area contributed by atoms with Gasteiger partial charge in [-0.3, -0.25) is 4.98 Å². The summed E-state index contributed by atoms with van der Waals surface area (Å²) in [5.41, 5.74) is 0. The average Bonchev–Trinajstić information content (AvgIpc) is 2.92. The Labute approximate surface area is 104 Å². The molecule has 2 rings (SSSR count). The Morgan fingerprint density at radius 1 is 1.56 bits per heavy atom. The molecule has 2 unspecified atom stereocenters. The van der Waals surface area contributed by atoms with E-state index in [1.165, 1.54) is 6.20 Å². The van der Waals surface area contributed by atoms with Crippen LogP contribution in [0.25, 0.3) is 0 Å². The second-order valence-corrected chi connectivity index (χ2v) is 6.85. The van der Waals surface area contributed by atoms with Crippen molar-refractivity contribution < 1.29 is 8.42 Å². The van der Waals surface area contributed by atoms with Crippen molar-refractivity contribution in [1.82, 2.24) is 9.71 Å². The van der Waals surface area contributed by atoms with Crippen molar-refractivity contribution in [3.63, 3.8) is 0 Å². The van der Waals surface area contributed by atoms with Gasteiger partial charge in [-0.2, -0.15) is 0 Å². The number of pyridine rings is 1. The van der Waals surface area contributed by atoms with Crippen LogP contribution in [-0.2, 0) is 10.0 Å². The van der Waals surface area contributed by atoms with Crippen LogP contribution < -0.4 is 4.72 Å². The van der Waals surface area contributed by atoms with Crippen LogP contribution in [0.2, 0.25) is 0 Å². The Morgan fingerprint density at radius 3 is 2.81 bits per heavy atom. The standard InChI is InChI=1S/C10H13BrN2O2S/c1-7-2-8(7)4-13-16(14,15)10-3-9(11)5-12-6-10/h3,5-8,13H,2,4H2,1H3. The van der Waals surface area contributed by atoms with Gasteiger partial charge in [0.05, 0.1) is 0 Å². The molecule has 0 saturated heterocycles. The van der Waals surface area contributed by atoms with Crippen molar-refractivity contribution in [2.45, 2.75) is 18.2 Å². The fraction of sp³-hybridized carbons (Fsp3) is 0.500. The number of nitrogens with zero attached hydrogens (tertiary/aromatic N) is 1. The molecule has 1 saturated carbocycles. The summed E-state index contributed by atoms with van der Waals surface area (Å²) in [6, 6.07) is 1.55. The number of halogens is 1. The average molecular weight is 305 g/mol. The molecule has 0 spiro atoms. The van der Waals surface area contributed by atoms with E-state index in [-0.39, 0.29) is 4.90 Å². The van der Waals surface area contributed by atoms with Gasteiger partial charge in [0.1, 0.15) is 4.90 Å². The van der Waals surface area contributed by atoms with E-state index < -0.39 is 10.0 Å². The van der Waals surface area contributed by atoms with E-state index in [4.69, 9.17) is 0 Å². The molecule has 1 heterocycles. The molecule has 2 atom stereocenters. The number of sulfonamides is 1. The fourth-order valence-electron chi connectivity index (χ4n) is 1.52. The normalized spacial score (nSPS) is 24.4. The number of hydrogen-bond donors (Lipinski definition) is 1. The van der Waals surface area contributed by atoms with Gasteiger partial charge >= 0.3 is 0 Å². The lowest BCUT2D eigenvalue weighted by molar-refractivity contribution is 0.574. The zero-order chi connectivity index (χ0) is 11.8. The van der Waals surface area contributed by atoms with E-state index in [9.17, 15) is 8.42 Å². The van der Waals surface area contributed by atoms with Crippen LogP contribution in [-0.4, -0.2) is 19.9 Å². The summed E-state index contributed by atoms with van der Waals surface area (Å²) in [6.07, 6.45) is 4.02. The van der Waals surface area contributed by atoms with Crippen LogP contribution in [0.4, 0.5) is 0 Å². The summed E-state index contributed by atoms with van der Waals surface area (Å²) >= 11 is 3.20. The van der Waals surface area contributed by atoms with Crippen LogP contribution in [0.1, 0.15) is 13.3 Å². The van der Waals surface area contributed by atoms with Crippen LogP contribution in [0, 0.1) is 11.8 Å². The summed E-state index contributed by atoms with van der Waals surface area (Å²) in [6.45, 7) is 2.65. The van der Waals surface area contributed by atoms with Gasteiger partial charge in [-0.1, -0.05) is 6.92 Å². The molecule has 88 valence electrons. The Bertz CT molecular complexity index is 489. The lowest BCUT2D eigenvalue weighted by Crippen LogP contribution is -2.26. The largest absolute Gasteiger partial charge is 0.262 e. The van der Waals surface area contributed by atoms with E-state index in [2.05, 4.69) is 32.6 Å². The molecule has 1 fully saturated rings. The SMILES string of the molecule is CC1CC1CNS(=O)(=O)c1cncc(Br)c1. The Morgan fingerprint density at radius 2 is 2.25 bits per heavy atom. The van der Waals surface area contributed by atoms with Gasteiger partial charge in [-0.25, -0.2) is 13.1 Å². The molecule has 6 heteroatoms. The lowest BCUT2D eigenvalue weighted by Gasteiger charge is -2.05. The zero-order valence-corrected chi connectivity index (χ0v) is 11.3. The molecule has 1 N–H and O–H groups in total. The molecular formula is C10H13BrN2O2S. The van der Waals surface area contributed by atoms with E-state index in [0.717, 1.165) is 6.42 Å². The van der Waals surface area contributed by atoms with Crippen LogP contribution in [0.15, 0.2) is 27.8 Å². The smallest absolute Gasteiger partial charge is 0.242 e. The molecular weight excluding hydrogens is 292 g/mol. The second-order valence-electron chi connectivity index (χ2n) is 4.16. The molecule has 0 amide bonds. The first kappa shape index (κ1) is 12.0. The van der Waals surface area contributed by atoms with Gasteiger partial charge in [-0.05, 0) is 40.3 Å². The van der Waals surface area contributed by atoms with E-state index >= 15 is 0 Å². The van der Waals surface area contributed by atoms with Crippen LogP contribution >= 0.6 is 15.9 Å². The predicted molar refractivity (Wildman–Crippen MR) is 64.4 cm³/mol. The fourth-order valence-corrected chi connectivity index (χ4v) is 3.12. The minimum atomic E-state index is -3.40. The van der Waals surface area contributed by atoms with E-state index in [0.29, 0.717) is 22.9 Å². The van der Waals surface area contributed by atoms with Crippen molar-refractivity contribution in [2.24, 2.45) is 11.8 Å². The number of hydrogen-bond acceptors (Lipinski definition) is 3. The van der Waals surface area contributed by atoms with Gasteiger partial charge in [0.2, 0.25) is 10.0 Å². The monoisotopic (exact) mass is 304 g/mol. The highest BCUT2D eigenvalue weighted by molar-refractivity contribution is 9.10.